The number of halogens is 3. The number of nitriles is 1. The molecule has 2 aliphatic rings. The average Bonchev–Trinajstić information content (AvgIpc) is 3.23. The molecular weight excluding hydrogens is 423 g/mol. The van der Waals surface area contributed by atoms with Crippen molar-refractivity contribution in [3.8, 4) is 6.07 Å². The second-order valence-electron chi connectivity index (χ2n) is 8.29. The van der Waals surface area contributed by atoms with Crippen molar-refractivity contribution in [2.45, 2.75) is 25.9 Å². The van der Waals surface area contributed by atoms with E-state index in [1.807, 2.05) is 6.92 Å². The van der Waals surface area contributed by atoms with Gasteiger partial charge >= 0.3 is 12.2 Å². The van der Waals surface area contributed by atoms with Crippen LogP contribution >= 0.6 is 0 Å². The molecule has 2 saturated heterocycles. The summed E-state index contributed by atoms with van der Waals surface area (Å²) in [5, 5.41) is 14.5. The van der Waals surface area contributed by atoms with Gasteiger partial charge in [0.15, 0.2) is 0 Å². The molecule has 0 aromatic heterocycles. The summed E-state index contributed by atoms with van der Waals surface area (Å²) in [6, 6.07) is 5.19. The summed E-state index contributed by atoms with van der Waals surface area (Å²) in [4.78, 5) is 28.2. The van der Waals surface area contributed by atoms with Crippen molar-refractivity contribution in [1.29, 1.82) is 5.26 Å². The monoisotopic (exact) mass is 451 g/mol. The zero-order valence-electron chi connectivity index (χ0n) is 18.2. The number of nitrogens with zero attached hydrogens (tertiary/aromatic N) is 3. The fraction of sp³-hybridized carbons (Fsp3) is 0.591. The summed E-state index contributed by atoms with van der Waals surface area (Å²) in [7, 11) is 1.56. The van der Waals surface area contributed by atoms with E-state index in [1.165, 1.54) is 12.1 Å². The number of urea groups is 1. The highest BCUT2D eigenvalue weighted by Gasteiger charge is 2.43. The summed E-state index contributed by atoms with van der Waals surface area (Å²) >= 11 is 0. The molecule has 0 radical (unpaired) electrons. The molecule has 3 rings (SSSR count). The number of piperidine rings is 1. The van der Waals surface area contributed by atoms with E-state index < -0.39 is 17.3 Å². The lowest BCUT2D eigenvalue weighted by molar-refractivity contribution is -0.137. The van der Waals surface area contributed by atoms with Gasteiger partial charge in [0.05, 0.1) is 23.1 Å². The second kappa shape index (κ2) is 9.67. The summed E-state index contributed by atoms with van der Waals surface area (Å²) < 4.78 is 40.2. The molecule has 10 heteroatoms. The molecule has 1 aromatic carbocycles. The minimum Gasteiger partial charge on any atom is -0.370 e. The second-order valence-corrected chi connectivity index (χ2v) is 8.29. The van der Waals surface area contributed by atoms with Gasteiger partial charge in [-0.1, -0.05) is 0 Å². The largest absolute Gasteiger partial charge is 0.417 e. The van der Waals surface area contributed by atoms with Gasteiger partial charge in [-0.25, -0.2) is 4.79 Å². The number of carbonyl (C=O) groups is 2. The van der Waals surface area contributed by atoms with Crippen LogP contribution in [-0.2, 0) is 11.0 Å². The molecule has 3 amide bonds. The van der Waals surface area contributed by atoms with Gasteiger partial charge in [-0.05, 0) is 49.8 Å². The van der Waals surface area contributed by atoms with Crippen LogP contribution in [0.1, 0.15) is 30.9 Å². The Morgan fingerprint density at radius 2 is 1.91 bits per heavy atom. The molecule has 0 aliphatic carbocycles. The molecule has 2 N–H and O–H groups in total. The van der Waals surface area contributed by atoms with Gasteiger partial charge in [0.1, 0.15) is 0 Å². The van der Waals surface area contributed by atoms with E-state index in [0.717, 1.165) is 18.9 Å². The fourth-order valence-electron chi connectivity index (χ4n) is 4.83. The van der Waals surface area contributed by atoms with E-state index >= 15 is 0 Å². The lowest BCUT2D eigenvalue weighted by Gasteiger charge is -2.36. The number of nitrogens with one attached hydrogen (secondary N) is 2. The Morgan fingerprint density at radius 1 is 1.22 bits per heavy atom. The van der Waals surface area contributed by atoms with Gasteiger partial charge in [-0.15, -0.1) is 0 Å². The van der Waals surface area contributed by atoms with Crippen molar-refractivity contribution in [1.82, 2.24) is 15.5 Å². The first-order valence-corrected chi connectivity index (χ1v) is 10.8. The van der Waals surface area contributed by atoms with Crippen LogP contribution in [0.15, 0.2) is 18.2 Å². The summed E-state index contributed by atoms with van der Waals surface area (Å²) in [6.07, 6.45) is -3.15. The minimum atomic E-state index is -4.63. The van der Waals surface area contributed by atoms with Crippen LogP contribution in [0.3, 0.4) is 0 Å². The number of anilines is 1. The van der Waals surface area contributed by atoms with Crippen LogP contribution in [-0.4, -0.2) is 56.6 Å². The number of alkyl halides is 3. The van der Waals surface area contributed by atoms with Crippen LogP contribution in [0.2, 0.25) is 0 Å². The zero-order chi connectivity index (χ0) is 23.5. The van der Waals surface area contributed by atoms with Crippen LogP contribution < -0.4 is 15.5 Å². The van der Waals surface area contributed by atoms with Crippen molar-refractivity contribution in [2.24, 2.45) is 17.8 Å². The lowest BCUT2D eigenvalue weighted by Crippen LogP contribution is -2.46. The molecule has 1 aromatic rings. The van der Waals surface area contributed by atoms with Crippen molar-refractivity contribution in [3.63, 3.8) is 0 Å². The van der Waals surface area contributed by atoms with Gasteiger partial charge in [0.2, 0.25) is 5.91 Å². The van der Waals surface area contributed by atoms with Crippen LogP contribution in [0.25, 0.3) is 0 Å². The molecule has 0 unspecified atom stereocenters. The minimum absolute atomic E-state index is 0.0312. The van der Waals surface area contributed by atoms with Crippen LogP contribution in [0, 0.1) is 29.1 Å². The third-order valence-corrected chi connectivity index (χ3v) is 6.50. The fourth-order valence-corrected chi connectivity index (χ4v) is 4.83. The normalized spacial score (nSPS) is 21.9. The third kappa shape index (κ3) is 4.92. The van der Waals surface area contributed by atoms with Crippen molar-refractivity contribution in [2.75, 3.05) is 44.7 Å². The van der Waals surface area contributed by atoms with E-state index in [1.54, 1.807) is 22.9 Å². The molecule has 2 aliphatic heterocycles. The first kappa shape index (κ1) is 23.7. The highest BCUT2D eigenvalue weighted by atomic mass is 19.4. The Morgan fingerprint density at radius 3 is 2.47 bits per heavy atom. The highest BCUT2D eigenvalue weighted by Crippen LogP contribution is 2.40. The third-order valence-electron chi connectivity index (χ3n) is 6.50. The standard InChI is InChI=1S/C22H28F3N5O2/c1-3-28-21(32)29-8-6-14(7-9-29)17-12-30(13-18(17)20(31)27-2)16-5-4-15(11-26)19(10-16)22(23,24)25/h4-5,10,14,17-18H,3,6-9,12-13H2,1-2H3,(H,27,31)(H,28,32)/t17-,18+/m0/s1. The maximum atomic E-state index is 13.4. The molecule has 0 saturated carbocycles. The molecule has 2 fully saturated rings. The van der Waals surface area contributed by atoms with Gasteiger partial charge in [0.25, 0.3) is 0 Å². The predicted octanol–water partition coefficient (Wildman–Crippen LogP) is 2.82. The highest BCUT2D eigenvalue weighted by molar-refractivity contribution is 5.80. The van der Waals surface area contributed by atoms with Crippen LogP contribution in [0.5, 0.6) is 0 Å². The van der Waals surface area contributed by atoms with Gasteiger partial charge in [-0.2, -0.15) is 18.4 Å². The first-order valence-electron chi connectivity index (χ1n) is 10.8. The van der Waals surface area contributed by atoms with Gasteiger partial charge in [0, 0.05) is 45.5 Å². The summed E-state index contributed by atoms with van der Waals surface area (Å²) in [6.45, 7) is 4.35. The molecule has 174 valence electrons. The maximum Gasteiger partial charge on any atom is 0.417 e. The lowest BCUT2D eigenvalue weighted by atomic mass is 9.78. The topological polar surface area (TPSA) is 88.5 Å². The van der Waals surface area contributed by atoms with E-state index in [-0.39, 0.29) is 29.7 Å². The smallest absolute Gasteiger partial charge is 0.370 e. The Bertz CT molecular complexity index is 891. The van der Waals surface area contributed by atoms with E-state index in [0.29, 0.717) is 38.4 Å². The SMILES string of the molecule is CCNC(=O)N1CCC([C@@H]2CN(c3ccc(C#N)c(C(F)(F)F)c3)C[C@H]2C(=O)NC)CC1. The molecule has 0 bridgehead atoms. The Kier molecular flexibility index (Phi) is 7.16. The van der Waals surface area contributed by atoms with E-state index in [9.17, 15) is 22.8 Å². The van der Waals surface area contributed by atoms with Crippen molar-refractivity contribution < 1.29 is 22.8 Å². The van der Waals surface area contributed by atoms with Crippen LogP contribution in [0.4, 0.5) is 23.7 Å². The van der Waals surface area contributed by atoms with Crippen molar-refractivity contribution in [3.05, 3.63) is 29.3 Å². The van der Waals surface area contributed by atoms with Gasteiger partial charge in [-0.3, -0.25) is 4.79 Å². The Labute approximate surface area is 185 Å². The molecule has 0 spiro atoms. The summed E-state index contributed by atoms with van der Waals surface area (Å²) in [5.41, 5.74) is -1.03. The molecule has 7 nitrogen and oxygen atoms in total. The molecule has 32 heavy (non-hydrogen) atoms. The molecular formula is C22H28F3N5O2. The maximum absolute atomic E-state index is 13.4. The van der Waals surface area contributed by atoms with Gasteiger partial charge < -0.3 is 20.4 Å². The van der Waals surface area contributed by atoms with Crippen molar-refractivity contribution >= 4 is 17.6 Å². The summed E-state index contributed by atoms with van der Waals surface area (Å²) in [5.74, 6) is -0.330. The number of hydrogen-bond donors (Lipinski definition) is 2. The van der Waals surface area contributed by atoms with E-state index in [4.69, 9.17) is 5.26 Å². The number of benzene rings is 1. The van der Waals surface area contributed by atoms with E-state index in [2.05, 4.69) is 10.6 Å². The first-order chi connectivity index (χ1) is 15.2. The number of amides is 3. The Hall–Kier alpha value is -2.96. The number of carbonyl (C=O) groups excluding carboxylic acids is 2. The zero-order valence-corrected chi connectivity index (χ0v) is 18.2. The number of likely N-dealkylation sites (tertiary alicyclic amines) is 1. The number of hydrogen-bond acceptors (Lipinski definition) is 4. The average molecular weight is 451 g/mol. The quantitative estimate of drug-likeness (QED) is 0.737. The predicted molar refractivity (Wildman–Crippen MR) is 113 cm³/mol. The molecule has 2 heterocycles. The number of rotatable bonds is 4. The molecule has 2 atom stereocenters. The Balaban J connectivity index is 1.79.